The summed E-state index contributed by atoms with van der Waals surface area (Å²) in [6, 6.07) is 1.93. The molecule has 3 aromatic rings. The van der Waals surface area contributed by atoms with Gasteiger partial charge >= 0.3 is 5.97 Å². The molecule has 3 aromatic heterocycles. The molecule has 0 spiro atoms. The van der Waals surface area contributed by atoms with Crippen LogP contribution < -0.4 is 0 Å². The van der Waals surface area contributed by atoms with Crippen LogP contribution in [-0.2, 0) is 16.0 Å². The van der Waals surface area contributed by atoms with Crippen LogP contribution in [0.1, 0.15) is 18.5 Å². The summed E-state index contributed by atoms with van der Waals surface area (Å²) in [6.45, 7) is 0. The van der Waals surface area contributed by atoms with Crippen molar-refractivity contribution in [3.05, 3.63) is 33.1 Å². The molecule has 0 bridgehead atoms. The first-order chi connectivity index (χ1) is 10.2. The third-order valence-electron chi connectivity index (χ3n) is 3.19. The minimum atomic E-state index is -0.166. The third-order valence-corrected chi connectivity index (χ3v) is 5.17. The monoisotopic (exact) mass is 340 g/mol. The van der Waals surface area contributed by atoms with Crippen molar-refractivity contribution in [3.8, 4) is 11.3 Å². The molecule has 0 saturated carbocycles. The Bertz CT molecular complexity index is 775. The van der Waals surface area contributed by atoms with Crippen molar-refractivity contribution < 1.29 is 9.53 Å². The highest BCUT2D eigenvalue weighted by Gasteiger charge is 2.11. The van der Waals surface area contributed by atoms with E-state index in [1.54, 1.807) is 11.3 Å². The van der Waals surface area contributed by atoms with Gasteiger partial charge in [-0.1, -0.05) is 11.6 Å². The molecule has 0 radical (unpaired) electrons. The van der Waals surface area contributed by atoms with E-state index in [4.69, 9.17) is 11.6 Å². The van der Waals surface area contributed by atoms with E-state index >= 15 is 0 Å². The average molecular weight is 341 g/mol. The number of nitrogens with zero attached hydrogens (tertiary/aromatic N) is 2. The number of carbonyl (C=O) groups is 1. The molecule has 0 saturated heterocycles. The zero-order chi connectivity index (χ0) is 14.8. The molecule has 3 heterocycles. The summed E-state index contributed by atoms with van der Waals surface area (Å²) in [6.07, 6.45) is 4.07. The normalized spacial score (nSPS) is 11.1. The predicted molar refractivity (Wildman–Crippen MR) is 86.3 cm³/mol. The lowest BCUT2D eigenvalue weighted by Crippen LogP contribution is -2.01. The second-order valence-electron chi connectivity index (χ2n) is 4.57. The van der Waals surface area contributed by atoms with Gasteiger partial charge in [0.25, 0.3) is 0 Å². The number of rotatable bonds is 5. The lowest BCUT2D eigenvalue weighted by molar-refractivity contribution is -0.140. The summed E-state index contributed by atoms with van der Waals surface area (Å²) >= 11 is 9.08. The highest BCUT2D eigenvalue weighted by atomic mass is 35.5. The Kier molecular flexibility index (Phi) is 4.28. The van der Waals surface area contributed by atoms with Gasteiger partial charge in [-0.15, -0.1) is 22.7 Å². The number of carbonyl (C=O) groups excluding carboxylic acids is 1. The molecular formula is C14H13ClN2O2S2. The highest BCUT2D eigenvalue weighted by Crippen LogP contribution is 2.30. The lowest BCUT2D eigenvalue weighted by Gasteiger charge is -1.99. The number of imidazole rings is 1. The van der Waals surface area contributed by atoms with Crippen LogP contribution in [0.25, 0.3) is 16.2 Å². The first kappa shape index (κ1) is 14.6. The van der Waals surface area contributed by atoms with Crippen molar-refractivity contribution in [1.29, 1.82) is 0 Å². The van der Waals surface area contributed by atoms with Gasteiger partial charge < -0.3 is 4.74 Å². The minimum Gasteiger partial charge on any atom is -0.469 e. The van der Waals surface area contributed by atoms with E-state index in [0.29, 0.717) is 6.42 Å². The van der Waals surface area contributed by atoms with E-state index in [1.807, 2.05) is 17.6 Å². The second kappa shape index (κ2) is 6.17. The number of aromatic nitrogens is 2. The van der Waals surface area contributed by atoms with Gasteiger partial charge in [-0.3, -0.25) is 9.20 Å². The largest absolute Gasteiger partial charge is 0.469 e. The van der Waals surface area contributed by atoms with E-state index in [2.05, 4.69) is 19.5 Å². The molecule has 0 atom stereocenters. The summed E-state index contributed by atoms with van der Waals surface area (Å²) in [7, 11) is 1.42. The number of thiophene rings is 1. The van der Waals surface area contributed by atoms with Crippen LogP contribution in [0.4, 0.5) is 0 Å². The van der Waals surface area contributed by atoms with Gasteiger partial charge in [0.2, 0.25) is 0 Å². The molecule has 0 N–H and O–H groups in total. The maximum atomic E-state index is 11.1. The van der Waals surface area contributed by atoms with Gasteiger partial charge in [0.1, 0.15) is 0 Å². The molecule has 0 fully saturated rings. The third kappa shape index (κ3) is 3.12. The number of fused-ring (bicyclic) bond motifs is 1. The van der Waals surface area contributed by atoms with Gasteiger partial charge in [-0.25, -0.2) is 4.98 Å². The topological polar surface area (TPSA) is 43.6 Å². The number of hydrogen-bond donors (Lipinski definition) is 0. The van der Waals surface area contributed by atoms with Crippen LogP contribution in [0, 0.1) is 0 Å². The molecule has 0 aliphatic heterocycles. The molecule has 21 heavy (non-hydrogen) atoms. The van der Waals surface area contributed by atoms with Gasteiger partial charge in [-0.05, 0) is 18.9 Å². The Balaban J connectivity index is 1.78. The molecule has 0 unspecified atom stereocenters. The molecule has 0 aliphatic rings. The van der Waals surface area contributed by atoms with Crippen molar-refractivity contribution in [1.82, 2.24) is 9.38 Å². The molecule has 0 amide bonds. The molecule has 0 aromatic carbocycles. The fraction of sp³-hybridized carbons (Fsp3) is 0.286. The van der Waals surface area contributed by atoms with E-state index in [9.17, 15) is 4.79 Å². The molecule has 7 heteroatoms. The molecular weight excluding hydrogens is 328 g/mol. The zero-order valence-corrected chi connectivity index (χ0v) is 13.7. The van der Waals surface area contributed by atoms with Crippen molar-refractivity contribution in [2.75, 3.05) is 7.11 Å². The van der Waals surface area contributed by atoms with Crippen molar-refractivity contribution in [2.24, 2.45) is 0 Å². The predicted octanol–water partition coefficient (Wildman–Crippen LogP) is 4.27. The van der Waals surface area contributed by atoms with Crippen molar-refractivity contribution in [3.63, 3.8) is 0 Å². The summed E-state index contributed by atoms with van der Waals surface area (Å²) in [5.41, 5.74) is 3.14. The van der Waals surface area contributed by atoms with Crippen LogP contribution in [0.5, 0.6) is 0 Å². The standard InChI is InChI=1S/C14H13ClN2O2S2/c1-19-13(18)4-2-3-10-8-21-14-16-11(6-17(10)14)9-5-12(15)20-7-9/h5-8H,2-4H2,1H3. The Labute approximate surface area is 135 Å². The fourth-order valence-electron chi connectivity index (χ4n) is 2.11. The summed E-state index contributed by atoms with van der Waals surface area (Å²) < 4.78 is 7.50. The van der Waals surface area contributed by atoms with Crippen molar-refractivity contribution >= 4 is 45.2 Å². The van der Waals surface area contributed by atoms with E-state index in [-0.39, 0.29) is 5.97 Å². The van der Waals surface area contributed by atoms with E-state index in [1.165, 1.54) is 24.1 Å². The van der Waals surface area contributed by atoms with Gasteiger partial charge in [0.15, 0.2) is 4.96 Å². The number of aryl methyl sites for hydroxylation is 1. The molecule has 4 nitrogen and oxygen atoms in total. The Morgan fingerprint density at radius 1 is 1.43 bits per heavy atom. The van der Waals surface area contributed by atoms with Crippen LogP contribution in [-0.4, -0.2) is 22.5 Å². The first-order valence-electron chi connectivity index (χ1n) is 6.44. The van der Waals surface area contributed by atoms with Crippen molar-refractivity contribution in [2.45, 2.75) is 19.3 Å². The maximum Gasteiger partial charge on any atom is 0.305 e. The Hall–Kier alpha value is -1.37. The number of esters is 1. The Morgan fingerprint density at radius 2 is 2.29 bits per heavy atom. The SMILES string of the molecule is COC(=O)CCCc1csc2nc(-c3csc(Cl)c3)cn12. The van der Waals surface area contributed by atoms with Crippen LogP contribution >= 0.6 is 34.3 Å². The van der Waals surface area contributed by atoms with Gasteiger partial charge in [-0.2, -0.15) is 0 Å². The number of halogens is 1. The summed E-state index contributed by atoms with van der Waals surface area (Å²) in [5, 5.41) is 4.09. The van der Waals surface area contributed by atoms with Gasteiger partial charge in [0.05, 0.1) is 17.1 Å². The van der Waals surface area contributed by atoms with E-state index < -0.39 is 0 Å². The smallest absolute Gasteiger partial charge is 0.305 e. The van der Waals surface area contributed by atoms with E-state index in [0.717, 1.165) is 33.4 Å². The van der Waals surface area contributed by atoms with Gasteiger partial charge in [0, 0.05) is 34.6 Å². The van der Waals surface area contributed by atoms with Crippen LogP contribution in [0.3, 0.4) is 0 Å². The first-order valence-corrected chi connectivity index (χ1v) is 8.58. The Morgan fingerprint density at radius 3 is 3.00 bits per heavy atom. The lowest BCUT2D eigenvalue weighted by atomic mass is 10.2. The van der Waals surface area contributed by atoms with Crippen LogP contribution in [0.15, 0.2) is 23.0 Å². The minimum absolute atomic E-state index is 0.166. The average Bonchev–Trinajstić information content (AvgIpc) is 3.14. The summed E-state index contributed by atoms with van der Waals surface area (Å²) in [4.78, 5) is 16.7. The molecule has 3 rings (SSSR count). The second-order valence-corrected chi connectivity index (χ2v) is 6.95. The number of methoxy groups -OCH3 is 1. The number of hydrogen-bond acceptors (Lipinski definition) is 5. The fourth-order valence-corrected chi connectivity index (χ4v) is 3.89. The number of ether oxygens (including phenoxy) is 1. The maximum absolute atomic E-state index is 11.1. The molecule has 110 valence electrons. The van der Waals surface area contributed by atoms with Crippen LogP contribution in [0.2, 0.25) is 4.34 Å². The number of thiazole rings is 1. The molecule has 0 aliphatic carbocycles. The zero-order valence-electron chi connectivity index (χ0n) is 11.3. The summed E-state index contributed by atoms with van der Waals surface area (Å²) in [5.74, 6) is -0.166. The quantitative estimate of drug-likeness (QED) is 0.651. The highest BCUT2D eigenvalue weighted by molar-refractivity contribution is 7.15.